The van der Waals surface area contributed by atoms with E-state index in [1.54, 1.807) is 24.3 Å². The number of carbonyl (C=O) groups is 1. The average Bonchev–Trinajstić information content (AvgIpc) is 3.14. The first kappa shape index (κ1) is 14.7. The third-order valence-electron chi connectivity index (χ3n) is 2.75. The van der Waals surface area contributed by atoms with Crippen LogP contribution in [0.3, 0.4) is 0 Å². The van der Waals surface area contributed by atoms with E-state index in [0.29, 0.717) is 23.1 Å². The number of benzene rings is 1. The molecule has 0 unspecified atom stereocenters. The summed E-state index contributed by atoms with van der Waals surface area (Å²) in [4.78, 5) is 11.9. The Morgan fingerprint density at radius 2 is 2.00 bits per heavy atom. The molecule has 8 heteroatoms. The Morgan fingerprint density at radius 1 is 1.23 bits per heavy atom. The quantitative estimate of drug-likeness (QED) is 0.734. The summed E-state index contributed by atoms with van der Waals surface area (Å²) in [6.07, 6.45) is 0. The molecule has 0 aliphatic carbocycles. The Bertz CT molecular complexity index is 798. The first-order valence-corrected chi connectivity index (χ1v) is 7.83. The lowest BCUT2D eigenvalue weighted by Gasteiger charge is -2.03. The lowest BCUT2D eigenvalue weighted by molar-refractivity contribution is 0.1000. The monoisotopic (exact) mass is 379 g/mol. The highest BCUT2D eigenvalue weighted by Gasteiger charge is 2.11. The van der Waals surface area contributed by atoms with Crippen molar-refractivity contribution >= 4 is 33.2 Å². The molecule has 0 aliphatic heterocycles. The lowest BCUT2D eigenvalue weighted by atomic mass is 10.2. The SMILES string of the molecule is NC(=O)c1ccc(OCc2nnc(-c3ccc(Br)s3)o2)cc1. The Kier molecular flexibility index (Phi) is 4.21. The summed E-state index contributed by atoms with van der Waals surface area (Å²) in [6.45, 7) is 0.148. The Morgan fingerprint density at radius 3 is 2.64 bits per heavy atom. The molecule has 22 heavy (non-hydrogen) atoms. The number of ether oxygens (including phenoxy) is 1. The minimum atomic E-state index is -0.477. The topological polar surface area (TPSA) is 91.2 Å². The van der Waals surface area contributed by atoms with Gasteiger partial charge in [-0.2, -0.15) is 0 Å². The molecule has 6 nitrogen and oxygen atoms in total. The molecule has 3 rings (SSSR count). The van der Waals surface area contributed by atoms with Gasteiger partial charge in [0.25, 0.3) is 11.8 Å². The van der Waals surface area contributed by atoms with Gasteiger partial charge in [-0.1, -0.05) is 0 Å². The minimum absolute atomic E-state index is 0.148. The molecule has 3 aromatic rings. The van der Waals surface area contributed by atoms with Gasteiger partial charge in [-0.15, -0.1) is 21.5 Å². The van der Waals surface area contributed by atoms with Crippen LogP contribution in [0.4, 0.5) is 0 Å². The zero-order valence-electron chi connectivity index (χ0n) is 11.2. The minimum Gasteiger partial charge on any atom is -0.484 e. The van der Waals surface area contributed by atoms with E-state index in [9.17, 15) is 4.79 Å². The van der Waals surface area contributed by atoms with Crippen molar-refractivity contribution in [1.82, 2.24) is 10.2 Å². The van der Waals surface area contributed by atoms with E-state index < -0.39 is 5.91 Å². The first-order chi connectivity index (χ1) is 10.6. The number of aromatic nitrogens is 2. The number of hydrogen-bond acceptors (Lipinski definition) is 6. The molecule has 2 N–H and O–H groups in total. The van der Waals surface area contributed by atoms with Crippen molar-refractivity contribution in [3.8, 4) is 16.5 Å². The molecule has 0 bridgehead atoms. The van der Waals surface area contributed by atoms with E-state index in [4.69, 9.17) is 14.9 Å². The summed E-state index contributed by atoms with van der Waals surface area (Å²) in [5.41, 5.74) is 5.60. The van der Waals surface area contributed by atoms with E-state index in [2.05, 4.69) is 26.1 Å². The van der Waals surface area contributed by atoms with Crippen LogP contribution in [0.25, 0.3) is 10.8 Å². The zero-order chi connectivity index (χ0) is 15.5. The van der Waals surface area contributed by atoms with Crippen molar-refractivity contribution in [1.29, 1.82) is 0 Å². The third-order valence-corrected chi connectivity index (χ3v) is 4.36. The van der Waals surface area contributed by atoms with Gasteiger partial charge in [0, 0.05) is 5.56 Å². The van der Waals surface area contributed by atoms with Gasteiger partial charge in [-0.3, -0.25) is 4.79 Å². The van der Waals surface area contributed by atoms with E-state index in [1.807, 2.05) is 12.1 Å². The molecule has 2 aromatic heterocycles. The standard InChI is InChI=1S/C14H10BrN3O3S/c15-11-6-5-10(22-11)14-18-17-12(21-14)7-20-9-3-1-8(2-4-9)13(16)19/h1-6H,7H2,(H2,16,19). The molecule has 2 heterocycles. The van der Waals surface area contributed by atoms with Crippen molar-refractivity contribution in [2.75, 3.05) is 0 Å². The highest BCUT2D eigenvalue weighted by atomic mass is 79.9. The van der Waals surface area contributed by atoms with E-state index in [0.717, 1.165) is 8.66 Å². The molecule has 1 aromatic carbocycles. The van der Waals surface area contributed by atoms with Crippen molar-refractivity contribution in [3.63, 3.8) is 0 Å². The molecular weight excluding hydrogens is 370 g/mol. The predicted octanol–water partition coefficient (Wildman–Crippen LogP) is 3.24. The fourth-order valence-electron chi connectivity index (χ4n) is 1.70. The second kappa shape index (κ2) is 6.29. The van der Waals surface area contributed by atoms with Crippen LogP contribution in [0.1, 0.15) is 16.2 Å². The van der Waals surface area contributed by atoms with Crippen LogP contribution in [-0.2, 0) is 6.61 Å². The van der Waals surface area contributed by atoms with Crippen LogP contribution in [-0.4, -0.2) is 16.1 Å². The molecule has 112 valence electrons. The second-order valence-corrected chi connectivity index (χ2v) is 6.75. The predicted molar refractivity (Wildman–Crippen MR) is 84.6 cm³/mol. The van der Waals surface area contributed by atoms with Gasteiger partial charge in [0.1, 0.15) is 5.75 Å². The number of nitrogens with two attached hydrogens (primary N) is 1. The van der Waals surface area contributed by atoms with Gasteiger partial charge in [0.05, 0.1) is 8.66 Å². The Balaban J connectivity index is 1.64. The summed E-state index contributed by atoms with van der Waals surface area (Å²) in [5, 5.41) is 7.92. The number of thiophene rings is 1. The molecule has 0 atom stereocenters. The number of primary amides is 1. The van der Waals surface area contributed by atoms with Gasteiger partial charge in [-0.05, 0) is 52.3 Å². The lowest BCUT2D eigenvalue weighted by Crippen LogP contribution is -2.10. The summed E-state index contributed by atoms with van der Waals surface area (Å²) >= 11 is 4.89. The van der Waals surface area contributed by atoms with E-state index >= 15 is 0 Å². The number of hydrogen-bond donors (Lipinski definition) is 1. The van der Waals surface area contributed by atoms with Crippen molar-refractivity contribution in [2.24, 2.45) is 5.73 Å². The van der Waals surface area contributed by atoms with Crippen molar-refractivity contribution < 1.29 is 13.9 Å². The van der Waals surface area contributed by atoms with Crippen LogP contribution < -0.4 is 10.5 Å². The van der Waals surface area contributed by atoms with Gasteiger partial charge < -0.3 is 14.9 Å². The third kappa shape index (κ3) is 3.34. The largest absolute Gasteiger partial charge is 0.484 e. The van der Waals surface area contributed by atoms with Crippen LogP contribution in [0.5, 0.6) is 5.75 Å². The molecule has 0 radical (unpaired) electrons. The van der Waals surface area contributed by atoms with Gasteiger partial charge in [0.15, 0.2) is 6.61 Å². The average molecular weight is 380 g/mol. The smallest absolute Gasteiger partial charge is 0.257 e. The summed E-state index contributed by atoms with van der Waals surface area (Å²) in [6, 6.07) is 10.3. The maximum Gasteiger partial charge on any atom is 0.257 e. The summed E-state index contributed by atoms with van der Waals surface area (Å²) in [5.74, 6) is 0.940. The zero-order valence-corrected chi connectivity index (χ0v) is 13.6. The van der Waals surface area contributed by atoms with Crippen LogP contribution in [0, 0.1) is 0 Å². The highest BCUT2D eigenvalue weighted by molar-refractivity contribution is 9.11. The van der Waals surface area contributed by atoms with Gasteiger partial charge >= 0.3 is 0 Å². The van der Waals surface area contributed by atoms with Crippen molar-refractivity contribution in [2.45, 2.75) is 6.61 Å². The number of carbonyl (C=O) groups excluding carboxylic acids is 1. The fourth-order valence-corrected chi connectivity index (χ4v) is 3.01. The highest BCUT2D eigenvalue weighted by Crippen LogP contribution is 2.30. The molecule has 1 amide bonds. The van der Waals surface area contributed by atoms with Gasteiger partial charge in [0.2, 0.25) is 5.91 Å². The van der Waals surface area contributed by atoms with Gasteiger partial charge in [-0.25, -0.2) is 0 Å². The molecular formula is C14H10BrN3O3S. The molecule has 0 saturated carbocycles. The summed E-state index contributed by atoms with van der Waals surface area (Å²) < 4.78 is 12.1. The first-order valence-electron chi connectivity index (χ1n) is 6.22. The molecule has 0 fully saturated rings. The Labute approximate surface area is 138 Å². The van der Waals surface area contributed by atoms with Crippen LogP contribution in [0.2, 0.25) is 0 Å². The van der Waals surface area contributed by atoms with Crippen molar-refractivity contribution in [3.05, 3.63) is 51.6 Å². The van der Waals surface area contributed by atoms with Crippen LogP contribution in [0.15, 0.2) is 44.6 Å². The van der Waals surface area contributed by atoms with E-state index in [1.165, 1.54) is 11.3 Å². The second-order valence-electron chi connectivity index (χ2n) is 4.28. The fraction of sp³-hybridized carbons (Fsp3) is 0.0714. The van der Waals surface area contributed by atoms with Crippen LogP contribution >= 0.6 is 27.3 Å². The maximum atomic E-state index is 11.0. The maximum absolute atomic E-state index is 11.0. The molecule has 0 aliphatic rings. The number of nitrogens with zero attached hydrogens (tertiary/aromatic N) is 2. The van der Waals surface area contributed by atoms with E-state index in [-0.39, 0.29) is 6.61 Å². The number of halogens is 1. The normalized spacial score (nSPS) is 10.6. The molecule has 0 spiro atoms. The molecule has 0 saturated heterocycles. The summed E-state index contributed by atoms with van der Waals surface area (Å²) in [7, 11) is 0. The number of rotatable bonds is 5. The Hall–Kier alpha value is -2.19. The number of amides is 1.